The van der Waals surface area contributed by atoms with Crippen molar-refractivity contribution in [3.63, 3.8) is 0 Å². The highest BCUT2D eigenvalue weighted by atomic mass is 32.1. The van der Waals surface area contributed by atoms with Crippen molar-refractivity contribution < 1.29 is 4.74 Å². The molecule has 1 aromatic heterocycles. The highest BCUT2D eigenvalue weighted by molar-refractivity contribution is 7.09. The number of hydrogen-bond donors (Lipinski definition) is 1. The van der Waals surface area contributed by atoms with Gasteiger partial charge < -0.3 is 10.1 Å². The molecule has 0 bridgehead atoms. The first-order chi connectivity index (χ1) is 8.91. The minimum atomic E-state index is -0.107. The molecular weight excluding hydrogens is 256 g/mol. The molecule has 1 unspecified atom stereocenters. The van der Waals surface area contributed by atoms with E-state index in [-0.39, 0.29) is 11.0 Å². The number of methoxy groups -OCH3 is 1. The highest BCUT2D eigenvalue weighted by Gasteiger charge is 2.39. The first kappa shape index (κ1) is 14.9. The van der Waals surface area contributed by atoms with Crippen molar-refractivity contribution in [3.05, 3.63) is 16.1 Å². The summed E-state index contributed by atoms with van der Waals surface area (Å²) in [6.45, 7) is 9.54. The van der Waals surface area contributed by atoms with Crippen LogP contribution in [-0.2, 0) is 15.7 Å². The number of nitrogens with one attached hydrogen (secondary N) is 1. The Labute approximate surface area is 120 Å². The van der Waals surface area contributed by atoms with E-state index >= 15 is 0 Å². The monoisotopic (exact) mass is 282 g/mol. The van der Waals surface area contributed by atoms with E-state index < -0.39 is 0 Å². The van der Waals surface area contributed by atoms with E-state index in [4.69, 9.17) is 9.72 Å². The first-order valence-corrected chi connectivity index (χ1v) is 8.02. The normalized spacial score (nSPS) is 19.4. The lowest BCUT2D eigenvalue weighted by atomic mass is 9.92. The van der Waals surface area contributed by atoms with Gasteiger partial charge in [-0.3, -0.25) is 0 Å². The summed E-state index contributed by atoms with van der Waals surface area (Å²) in [4.78, 5) is 4.90. The molecule has 2 rings (SSSR count). The Morgan fingerprint density at radius 1 is 1.42 bits per heavy atom. The van der Waals surface area contributed by atoms with Gasteiger partial charge in [0.25, 0.3) is 0 Å². The molecule has 19 heavy (non-hydrogen) atoms. The van der Waals surface area contributed by atoms with Gasteiger partial charge >= 0.3 is 0 Å². The fourth-order valence-electron chi connectivity index (χ4n) is 2.22. The van der Waals surface area contributed by atoms with Gasteiger partial charge in [-0.25, -0.2) is 4.98 Å². The smallest absolute Gasteiger partial charge is 0.115 e. The van der Waals surface area contributed by atoms with Gasteiger partial charge in [0.05, 0.1) is 17.8 Å². The van der Waals surface area contributed by atoms with Crippen molar-refractivity contribution in [1.29, 1.82) is 0 Å². The molecule has 1 atom stereocenters. The van der Waals surface area contributed by atoms with Crippen LogP contribution in [0.2, 0.25) is 0 Å². The molecule has 1 aromatic rings. The van der Waals surface area contributed by atoms with Crippen LogP contribution < -0.4 is 5.32 Å². The van der Waals surface area contributed by atoms with Gasteiger partial charge in [-0.15, -0.1) is 11.3 Å². The molecule has 1 aliphatic rings. The van der Waals surface area contributed by atoms with E-state index in [1.54, 1.807) is 18.4 Å². The van der Waals surface area contributed by atoms with E-state index in [0.717, 1.165) is 6.42 Å². The molecule has 3 nitrogen and oxygen atoms in total. The van der Waals surface area contributed by atoms with Crippen molar-refractivity contribution in [2.75, 3.05) is 13.7 Å². The summed E-state index contributed by atoms with van der Waals surface area (Å²) >= 11 is 1.76. The highest BCUT2D eigenvalue weighted by Crippen LogP contribution is 2.35. The molecule has 4 heteroatoms. The number of hydrogen-bond acceptors (Lipinski definition) is 4. The van der Waals surface area contributed by atoms with Gasteiger partial charge in [0, 0.05) is 23.9 Å². The Hall–Kier alpha value is -0.450. The molecule has 0 radical (unpaired) electrons. The zero-order valence-electron chi connectivity index (χ0n) is 12.7. The van der Waals surface area contributed by atoms with E-state index in [2.05, 4.69) is 38.4 Å². The Balaban J connectivity index is 2.28. The second-order valence-electron chi connectivity index (χ2n) is 6.58. The van der Waals surface area contributed by atoms with Crippen molar-refractivity contribution in [2.45, 2.75) is 64.0 Å². The largest absolute Gasteiger partial charge is 0.382 e. The van der Waals surface area contributed by atoms with Crippen molar-refractivity contribution in [3.8, 4) is 0 Å². The molecule has 1 fully saturated rings. The van der Waals surface area contributed by atoms with Crippen LogP contribution >= 0.6 is 11.3 Å². The predicted molar refractivity (Wildman–Crippen MR) is 80.8 cm³/mol. The maximum absolute atomic E-state index is 5.48. The van der Waals surface area contributed by atoms with Crippen LogP contribution in [0, 0.1) is 0 Å². The van der Waals surface area contributed by atoms with E-state index in [1.165, 1.54) is 23.5 Å². The molecule has 108 valence electrons. The summed E-state index contributed by atoms with van der Waals surface area (Å²) in [7, 11) is 1.78. The Morgan fingerprint density at radius 2 is 2.11 bits per heavy atom. The maximum Gasteiger partial charge on any atom is 0.115 e. The van der Waals surface area contributed by atoms with Crippen LogP contribution in [0.4, 0.5) is 0 Å². The summed E-state index contributed by atoms with van der Waals surface area (Å²) in [6.07, 6.45) is 3.57. The molecule has 1 heterocycles. The Morgan fingerprint density at radius 3 is 2.53 bits per heavy atom. The van der Waals surface area contributed by atoms with Gasteiger partial charge in [-0.05, 0) is 19.3 Å². The molecule has 0 spiro atoms. The van der Waals surface area contributed by atoms with Crippen LogP contribution in [0.25, 0.3) is 0 Å². The average Bonchev–Trinajstić information content (AvgIpc) is 2.98. The van der Waals surface area contributed by atoms with Gasteiger partial charge in [0.2, 0.25) is 0 Å². The third kappa shape index (κ3) is 3.36. The lowest BCUT2D eigenvalue weighted by molar-refractivity contribution is 0.103. The van der Waals surface area contributed by atoms with Gasteiger partial charge in [-0.2, -0.15) is 0 Å². The van der Waals surface area contributed by atoms with Crippen LogP contribution in [0.5, 0.6) is 0 Å². The molecule has 0 saturated heterocycles. The Bertz CT molecular complexity index is 420. The molecular formula is C15H26N2OS. The summed E-state index contributed by atoms with van der Waals surface area (Å²) in [5.41, 5.74) is 1.18. The van der Waals surface area contributed by atoms with Crippen LogP contribution in [0.15, 0.2) is 5.38 Å². The second-order valence-corrected chi connectivity index (χ2v) is 7.43. The molecule has 0 aromatic carbocycles. The summed E-state index contributed by atoms with van der Waals surface area (Å²) in [5.74, 6) is 0. The Kier molecular flexibility index (Phi) is 4.33. The molecule has 0 aliphatic heterocycles. The minimum Gasteiger partial charge on any atom is -0.382 e. The molecule has 1 aliphatic carbocycles. The van der Waals surface area contributed by atoms with Gasteiger partial charge in [0.1, 0.15) is 5.01 Å². The fourth-order valence-corrected chi connectivity index (χ4v) is 3.49. The van der Waals surface area contributed by atoms with Crippen molar-refractivity contribution >= 4 is 11.3 Å². The summed E-state index contributed by atoms with van der Waals surface area (Å²) in [5, 5.41) is 7.13. The van der Waals surface area contributed by atoms with E-state index in [9.17, 15) is 0 Å². The number of ether oxygens (including phenoxy) is 1. The standard InChI is InChI=1S/C15H26N2OS/c1-6-15(10-18-5,17-11-7-8-11)13-16-12(9-19-13)14(2,3)4/h9,11,17H,6-8,10H2,1-5H3. The zero-order valence-corrected chi connectivity index (χ0v) is 13.6. The predicted octanol–water partition coefficient (Wildman–Crippen LogP) is 3.44. The fraction of sp³-hybridized carbons (Fsp3) is 0.800. The SMILES string of the molecule is CCC(COC)(NC1CC1)c1nc(C(C)(C)C)cs1. The quantitative estimate of drug-likeness (QED) is 0.868. The molecule has 1 saturated carbocycles. The lowest BCUT2D eigenvalue weighted by Gasteiger charge is -2.31. The van der Waals surface area contributed by atoms with Gasteiger partial charge in [-0.1, -0.05) is 27.7 Å². The minimum absolute atomic E-state index is 0.107. The maximum atomic E-state index is 5.48. The van der Waals surface area contributed by atoms with E-state index in [0.29, 0.717) is 12.6 Å². The zero-order chi connectivity index (χ0) is 14.1. The van der Waals surface area contributed by atoms with Crippen molar-refractivity contribution in [2.24, 2.45) is 0 Å². The first-order valence-electron chi connectivity index (χ1n) is 7.14. The van der Waals surface area contributed by atoms with Crippen LogP contribution in [-0.4, -0.2) is 24.7 Å². The summed E-state index contributed by atoms with van der Waals surface area (Å²) < 4.78 is 5.48. The van der Waals surface area contributed by atoms with E-state index in [1.807, 2.05) is 0 Å². The number of nitrogens with zero attached hydrogens (tertiary/aromatic N) is 1. The molecule has 1 N–H and O–H groups in total. The second kappa shape index (κ2) is 5.51. The van der Waals surface area contributed by atoms with Crippen LogP contribution in [0.3, 0.4) is 0 Å². The number of thiazole rings is 1. The van der Waals surface area contributed by atoms with Crippen LogP contribution in [0.1, 0.15) is 57.7 Å². The average molecular weight is 282 g/mol. The van der Waals surface area contributed by atoms with Crippen molar-refractivity contribution in [1.82, 2.24) is 10.3 Å². The third-order valence-electron chi connectivity index (χ3n) is 3.73. The summed E-state index contributed by atoms with van der Waals surface area (Å²) in [6, 6.07) is 0.650. The third-order valence-corrected chi connectivity index (χ3v) is 4.78. The molecule has 0 amide bonds. The number of rotatable bonds is 6. The topological polar surface area (TPSA) is 34.1 Å². The van der Waals surface area contributed by atoms with Gasteiger partial charge in [0.15, 0.2) is 0 Å². The lowest BCUT2D eigenvalue weighted by Crippen LogP contribution is -2.47. The number of aromatic nitrogens is 1.